The van der Waals surface area contributed by atoms with Crippen LogP contribution in [0.4, 0.5) is 11.6 Å². The fraction of sp³-hybridized carbons (Fsp3) is 0.0800. The smallest absolute Gasteiger partial charge is 0.270 e. The van der Waals surface area contributed by atoms with Gasteiger partial charge in [0.1, 0.15) is 0 Å². The maximum atomic E-state index is 12.8. The van der Waals surface area contributed by atoms with E-state index in [4.69, 9.17) is 0 Å². The minimum absolute atomic E-state index is 0.121. The van der Waals surface area contributed by atoms with E-state index in [2.05, 4.69) is 15.3 Å². The van der Waals surface area contributed by atoms with Crippen molar-refractivity contribution in [2.45, 2.75) is 13.8 Å². The molecular weight excluding hydrogens is 404 g/mol. The lowest BCUT2D eigenvalue weighted by Crippen LogP contribution is -2.15. The molecule has 4 aromatic rings. The maximum absolute atomic E-state index is 12.8. The minimum atomic E-state index is -0.541. The Morgan fingerprint density at radius 3 is 1.84 bits per heavy atom. The van der Waals surface area contributed by atoms with Gasteiger partial charge in [0.2, 0.25) is 5.95 Å². The lowest BCUT2D eigenvalue weighted by molar-refractivity contribution is -0.384. The lowest BCUT2D eigenvalue weighted by Gasteiger charge is -2.10. The quantitative estimate of drug-likeness (QED) is 0.333. The predicted molar refractivity (Wildman–Crippen MR) is 123 cm³/mol. The number of hydrogen-bond acceptors (Lipinski definition) is 5. The van der Waals surface area contributed by atoms with Gasteiger partial charge < -0.3 is 0 Å². The van der Waals surface area contributed by atoms with E-state index in [1.54, 1.807) is 0 Å². The van der Waals surface area contributed by atoms with Crippen LogP contribution in [0.2, 0.25) is 0 Å². The number of aryl methyl sites for hydroxylation is 2. The topological polar surface area (TPSA) is 98.0 Å². The van der Waals surface area contributed by atoms with Gasteiger partial charge in [-0.25, -0.2) is 9.97 Å². The van der Waals surface area contributed by atoms with Crippen LogP contribution in [-0.2, 0) is 0 Å². The number of amides is 1. The molecule has 0 saturated heterocycles. The summed E-state index contributed by atoms with van der Waals surface area (Å²) in [5.74, 6) is -0.403. The van der Waals surface area contributed by atoms with E-state index in [0.29, 0.717) is 11.4 Å². The zero-order chi connectivity index (χ0) is 22.7. The van der Waals surface area contributed by atoms with Crippen LogP contribution in [0.5, 0.6) is 0 Å². The molecule has 0 aliphatic rings. The second-order valence-corrected chi connectivity index (χ2v) is 7.46. The average Bonchev–Trinajstić information content (AvgIpc) is 2.80. The van der Waals surface area contributed by atoms with Crippen molar-refractivity contribution in [1.82, 2.24) is 9.97 Å². The summed E-state index contributed by atoms with van der Waals surface area (Å²) in [6.07, 6.45) is 0. The largest absolute Gasteiger partial charge is 0.290 e. The Balaban J connectivity index is 1.74. The molecular formula is C25H20N4O3. The van der Waals surface area contributed by atoms with Crippen LogP contribution < -0.4 is 5.32 Å². The van der Waals surface area contributed by atoms with Gasteiger partial charge in [-0.3, -0.25) is 20.2 Å². The monoisotopic (exact) mass is 424 g/mol. The third-order valence-electron chi connectivity index (χ3n) is 4.97. The van der Waals surface area contributed by atoms with Crippen LogP contribution in [-0.4, -0.2) is 20.8 Å². The van der Waals surface area contributed by atoms with E-state index in [1.807, 2.05) is 68.4 Å². The second-order valence-electron chi connectivity index (χ2n) is 7.46. The zero-order valence-corrected chi connectivity index (χ0v) is 17.6. The molecule has 3 aromatic carbocycles. The Hall–Kier alpha value is -4.39. The molecule has 7 heteroatoms. The van der Waals surface area contributed by atoms with Crippen LogP contribution >= 0.6 is 0 Å². The third kappa shape index (κ3) is 4.67. The van der Waals surface area contributed by atoms with E-state index in [9.17, 15) is 14.9 Å². The van der Waals surface area contributed by atoms with Gasteiger partial charge in [-0.05, 0) is 26.0 Å². The van der Waals surface area contributed by atoms with Gasteiger partial charge >= 0.3 is 0 Å². The number of nitro groups is 1. The number of nitrogens with zero attached hydrogens (tertiary/aromatic N) is 3. The maximum Gasteiger partial charge on any atom is 0.270 e. The summed E-state index contributed by atoms with van der Waals surface area (Å²) in [4.78, 5) is 32.3. The highest BCUT2D eigenvalue weighted by molar-refractivity contribution is 6.03. The van der Waals surface area contributed by atoms with Gasteiger partial charge in [0.25, 0.3) is 11.6 Å². The van der Waals surface area contributed by atoms with E-state index < -0.39 is 10.8 Å². The molecule has 0 spiro atoms. The molecule has 0 saturated carbocycles. The van der Waals surface area contributed by atoms with Crippen molar-refractivity contribution in [3.63, 3.8) is 0 Å². The molecule has 32 heavy (non-hydrogen) atoms. The van der Waals surface area contributed by atoms with Gasteiger partial charge in [0.05, 0.1) is 16.3 Å². The van der Waals surface area contributed by atoms with E-state index >= 15 is 0 Å². The Morgan fingerprint density at radius 1 is 0.812 bits per heavy atom. The average molecular weight is 424 g/mol. The van der Waals surface area contributed by atoms with Crippen LogP contribution in [0.15, 0.2) is 78.9 Å². The highest BCUT2D eigenvalue weighted by Gasteiger charge is 2.15. The van der Waals surface area contributed by atoms with Crippen LogP contribution in [0.25, 0.3) is 22.5 Å². The van der Waals surface area contributed by atoms with Crippen molar-refractivity contribution in [1.29, 1.82) is 0 Å². The van der Waals surface area contributed by atoms with Gasteiger partial charge in [0.15, 0.2) is 0 Å². The predicted octanol–water partition coefficient (Wildman–Crippen LogP) is 5.59. The Kier molecular flexibility index (Phi) is 5.72. The van der Waals surface area contributed by atoms with Gasteiger partial charge in [0, 0.05) is 28.8 Å². The van der Waals surface area contributed by atoms with Crippen LogP contribution in [0, 0.1) is 24.0 Å². The number of carbonyl (C=O) groups is 1. The molecule has 0 aliphatic carbocycles. The van der Waals surface area contributed by atoms with Crippen molar-refractivity contribution in [2.75, 3.05) is 5.32 Å². The van der Waals surface area contributed by atoms with Crippen LogP contribution in [0.1, 0.15) is 21.5 Å². The summed E-state index contributed by atoms with van der Waals surface area (Å²) in [6, 6.07) is 23.2. The molecule has 0 aliphatic heterocycles. The highest BCUT2D eigenvalue weighted by atomic mass is 16.6. The number of non-ortho nitro benzene ring substituents is 1. The molecule has 1 heterocycles. The zero-order valence-electron chi connectivity index (χ0n) is 17.6. The third-order valence-corrected chi connectivity index (χ3v) is 4.97. The Labute approximate surface area is 185 Å². The number of anilines is 1. The van der Waals surface area contributed by atoms with Crippen molar-refractivity contribution in [3.8, 4) is 22.5 Å². The Morgan fingerprint density at radius 2 is 1.34 bits per heavy atom. The molecule has 1 N–H and O–H groups in total. The standard InChI is InChI=1S/C25H20N4O3/c1-16-6-10-18(11-7-16)22-15-23(19-12-8-17(2)9-13-19)27-25(26-22)28-24(30)20-4-3-5-21(14-20)29(31)32/h3-15H,1-2H3,(H,26,27,28,30). The first-order valence-electron chi connectivity index (χ1n) is 9.98. The SMILES string of the molecule is Cc1ccc(-c2cc(-c3ccc(C)cc3)nc(NC(=O)c3cccc([N+](=O)[O-])c3)n2)cc1. The number of nitrogens with one attached hydrogen (secondary N) is 1. The van der Waals surface area contributed by atoms with Gasteiger partial charge in [-0.2, -0.15) is 0 Å². The molecule has 7 nitrogen and oxygen atoms in total. The minimum Gasteiger partial charge on any atom is -0.290 e. The number of carbonyl (C=O) groups excluding carboxylic acids is 1. The first-order chi connectivity index (χ1) is 15.4. The fourth-order valence-electron chi connectivity index (χ4n) is 3.18. The molecule has 0 fully saturated rings. The number of benzene rings is 3. The van der Waals surface area contributed by atoms with E-state index in [0.717, 1.165) is 22.3 Å². The first-order valence-corrected chi connectivity index (χ1v) is 9.98. The van der Waals surface area contributed by atoms with Gasteiger partial charge in [-0.1, -0.05) is 65.7 Å². The molecule has 1 amide bonds. The summed E-state index contributed by atoms with van der Waals surface area (Å²) < 4.78 is 0. The number of rotatable bonds is 5. The molecule has 0 bridgehead atoms. The molecule has 0 atom stereocenters. The van der Waals surface area contributed by atoms with Crippen molar-refractivity contribution in [2.24, 2.45) is 0 Å². The van der Waals surface area contributed by atoms with Gasteiger partial charge in [-0.15, -0.1) is 0 Å². The number of aromatic nitrogens is 2. The fourth-order valence-corrected chi connectivity index (χ4v) is 3.18. The normalized spacial score (nSPS) is 10.6. The second kappa shape index (κ2) is 8.77. The Bertz CT molecular complexity index is 1240. The summed E-state index contributed by atoms with van der Waals surface area (Å²) in [7, 11) is 0. The molecule has 158 valence electrons. The summed E-state index contributed by atoms with van der Waals surface area (Å²) in [6.45, 7) is 4.01. The molecule has 0 unspecified atom stereocenters. The number of nitro benzene ring substituents is 1. The summed E-state index contributed by atoms with van der Waals surface area (Å²) in [5.41, 5.74) is 5.33. The first kappa shape index (κ1) is 20.9. The number of hydrogen-bond donors (Lipinski definition) is 1. The lowest BCUT2D eigenvalue weighted by atomic mass is 10.1. The van der Waals surface area contributed by atoms with Crippen molar-refractivity contribution >= 4 is 17.5 Å². The van der Waals surface area contributed by atoms with Crippen molar-refractivity contribution in [3.05, 3.63) is 106 Å². The van der Waals surface area contributed by atoms with Crippen LogP contribution in [0.3, 0.4) is 0 Å². The highest BCUT2D eigenvalue weighted by Crippen LogP contribution is 2.26. The molecule has 1 aromatic heterocycles. The molecule has 4 rings (SSSR count). The summed E-state index contributed by atoms with van der Waals surface area (Å²) in [5, 5.41) is 13.7. The van der Waals surface area contributed by atoms with E-state index in [-0.39, 0.29) is 17.2 Å². The summed E-state index contributed by atoms with van der Waals surface area (Å²) >= 11 is 0. The van der Waals surface area contributed by atoms with E-state index in [1.165, 1.54) is 24.3 Å². The van der Waals surface area contributed by atoms with Crippen molar-refractivity contribution < 1.29 is 9.72 Å². The molecule has 0 radical (unpaired) electrons.